The van der Waals surface area contributed by atoms with E-state index in [-0.39, 0.29) is 11.7 Å². The molecule has 0 aliphatic rings. The molecule has 0 aliphatic carbocycles. The zero-order chi connectivity index (χ0) is 17.4. The Morgan fingerprint density at radius 1 is 1.45 bits per heavy atom. The lowest BCUT2D eigenvalue weighted by molar-refractivity contribution is 0.414. The Kier molecular flexibility index (Phi) is 3.36. The van der Waals surface area contributed by atoms with Crippen LogP contribution in [0.25, 0.3) is 10.9 Å². The summed E-state index contributed by atoms with van der Waals surface area (Å²) in [6, 6.07) is 4.57. The largest absolute Gasteiger partial charge is 0.361 e. The van der Waals surface area contributed by atoms with Gasteiger partial charge in [0.25, 0.3) is 0 Å². The van der Waals surface area contributed by atoms with Gasteiger partial charge in [-0.1, -0.05) is 6.07 Å². The number of aromatic amines is 1. The Labute approximate surface area is 124 Å². The summed E-state index contributed by atoms with van der Waals surface area (Å²) < 4.78 is 49.8. The molecular weight excluding hydrogens is 274 g/mol. The molecule has 0 aliphatic heterocycles. The van der Waals surface area contributed by atoms with Gasteiger partial charge in [-0.05, 0) is 50.8 Å². The third-order valence-electron chi connectivity index (χ3n) is 3.02. The van der Waals surface area contributed by atoms with Crippen LogP contribution in [0.15, 0.2) is 24.4 Å². The van der Waals surface area contributed by atoms with Crippen molar-refractivity contribution < 1.29 is 12.5 Å². The van der Waals surface area contributed by atoms with Crippen LogP contribution in [0.3, 0.4) is 0 Å². The van der Waals surface area contributed by atoms with Gasteiger partial charge in [-0.15, -0.1) is 0 Å². The fourth-order valence-corrected chi connectivity index (χ4v) is 2.45. The van der Waals surface area contributed by atoms with Crippen LogP contribution in [-0.2, 0) is 22.1 Å². The Morgan fingerprint density at radius 2 is 2.20 bits per heavy atom. The van der Waals surface area contributed by atoms with E-state index in [4.69, 9.17) is 4.11 Å². The molecule has 0 bridgehead atoms. The molecule has 2 aromatic rings. The second-order valence-electron chi connectivity index (χ2n) is 4.85. The van der Waals surface area contributed by atoms with Gasteiger partial charge in [0, 0.05) is 26.4 Å². The summed E-state index contributed by atoms with van der Waals surface area (Å²) in [7, 11) is 0.919. The molecule has 1 heterocycles. The zero-order valence-electron chi connectivity index (χ0n) is 14.8. The number of rotatable bonds is 6. The summed E-state index contributed by atoms with van der Waals surface area (Å²) in [5.41, 5.74) is -1.04. The van der Waals surface area contributed by atoms with Crippen LogP contribution in [0.4, 0.5) is 0 Å². The van der Waals surface area contributed by atoms with Crippen molar-refractivity contribution in [1.29, 1.82) is 0 Å². The monoisotopic (exact) mass is 298 g/mol. The Hall–Kier alpha value is -1.37. The molecular formula is C14H21N3O2S. The van der Waals surface area contributed by atoms with E-state index in [1.807, 2.05) is 23.7 Å². The third kappa shape index (κ3) is 3.59. The number of hydrogen-bond donors (Lipinski definition) is 2. The van der Waals surface area contributed by atoms with Gasteiger partial charge in [0.2, 0.25) is 10.0 Å². The molecule has 6 heteroatoms. The normalized spacial score (nSPS) is 15.3. The standard InChI is InChI=1S/C14H21N3O2S/c1-15-20(18,19)10-11-4-5-14-13(8-11)12(9-16-14)6-7-17(2)3/h4-5,8-9,15-16H,6-7,10H2,1-3H3/i9D,10D2. The van der Waals surface area contributed by atoms with Crippen molar-refractivity contribution in [2.45, 2.75) is 12.1 Å². The van der Waals surface area contributed by atoms with E-state index in [9.17, 15) is 8.42 Å². The van der Waals surface area contributed by atoms with E-state index in [1.165, 1.54) is 19.2 Å². The third-order valence-corrected chi connectivity index (χ3v) is 4.06. The summed E-state index contributed by atoms with van der Waals surface area (Å²) in [5, 5.41) is 0.685. The van der Waals surface area contributed by atoms with Crippen LogP contribution in [0.2, 0.25) is 0 Å². The minimum atomic E-state index is -4.13. The Morgan fingerprint density at radius 3 is 2.85 bits per heavy atom. The molecule has 0 radical (unpaired) electrons. The first kappa shape index (κ1) is 11.3. The molecule has 110 valence electrons. The van der Waals surface area contributed by atoms with Gasteiger partial charge in [0.1, 0.15) is 0 Å². The van der Waals surface area contributed by atoms with Crippen molar-refractivity contribution in [1.82, 2.24) is 14.6 Å². The molecule has 1 aromatic heterocycles. The lowest BCUT2D eigenvalue weighted by Gasteiger charge is -2.08. The average molecular weight is 298 g/mol. The van der Waals surface area contributed by atoms with Crippen molar-refractivity contribution in [3.05, 3.63) is 35.5 Å². The molecule has 0 spiro atoms. The summed E-state index contributed by atoms with van der Waals surface area (Å²) in [6.07, 6.45) is 0.896. The first-order valence-electron chi connectivity index (χ1n) is 7.79. The van der Waals surface area contributed by atoms with Gasteiger partial charge < -0.3 is 9.88 Å². The maximum Gasteiger partial charge on any atom is 0.215 e. The maximum atomic E-state index is 11.9. The van der Waals surface area contributed by atoms with E-state index in [0.717, 1.165) is 12.1 Å². The SMILES string of the molecule is [2H]c1[nH]c2ccc(C([2H])([2H])S(=O)(=O)NC)cc2c1CCN(C)C. The molecule has 0 unspecified atom stereocenters. The second kappa shape index (κ2) is 5.95. The van der Waals surface area contributed by atoms with Gasteiger partial charge in [-0.2, -0.15) is 0 Å². The van der Waals surface area contributed by atoms with E-state index < -0.39 is 15.7 Å². The number of sulfonamides is 1. The highest BCUT2D eigenvalue weighted by Crippen LogP contribution is 2.21. The molecule has 0 atom stereocenters. The number of nitrogens with one attached hydrogen (secondary N) is 2. The fraction of sp³-hybridized carbons (Fsp3) is 0.429. The van der Waals surface area contributed by atoms with Gasteiger partial charge in [0.05, 0.1) is 7.08 Å². The maximum absolute atomic E-state index is 11.9. The lowest BCUT2D eigenvalue weighted by Crippen LogP contribution is -2.20. The minimum Gasteiger partial charge on any atom is -0.361 e. The van der Waals surface area contributed by atoms with Crippen LogP contribution in [0.5, 0.6) is 0 Å². The minimum absolute atomic E-state index is 0.0458. The number of likely N-dealkylation sites (N-methyl/N-ethyl adjacent to an activating group) is 1. The van der Waals surface area contributed by atoms with Crippen LogP contribution in [0.1, 0.15) is 15.2 Å². The number of fused-ring (bicyclic) bond motifs is 1. The molecule has 5 nitrogen and oxygen atoms in total. The molecule has 1 aromatic carbocycles. The molecule has 2 N–H and O–H groups in total. The Balaban J connectivity index is 2.55. The van der Waals surface area contributed by atoms with E-state index in [0.29, 0.717) is 17.3 Å². The van der Waals surface area contributed by atoms with E-state index in [1.54, 1.807) is 6.07 Å². The predicted octanol–water partition coefficient (Wildman–Crippen LogP) is 1.32. The van der Waals surface area contributed by atoms with Crippen LogP contribution < -0.4 is 4.72 Å². The first-order chi connectivity index (χ1) is 10.6. The zero-order valence-corrected chi connectivity index (χ0v) is 12.6. The topological polar surface area (TPSA) is 65.2 Å². The first-order valence-corrected chi connectivity index (χ1v) is 7.78. The fourth-order valence-electron chi connectivity index (χ4n) is 1.92. The predicted molar refractivity (Wildman–Crippen MR) is 82.2 cm³/mol. The summed E-state index contributed by atoms with van der Waals surface area (Å²) in [6.45, 7) is 0.741. The molecule has 0 amide bonds. The van der Waals surface area contributed by atoms with Crippen molar-refractivity contribution in [2.24, 2.45) is 0 Å². The summed E-state index contributed by atoms with van der Waals surface area (Å²) >= 11 is 0. The summed E-state index contributed by atoms with van der Waals surface area (Å²) in [4.78, 5) is 4.94. The van der Waals surface area contributed by atoms with E-state index >= 15 is 0 Å². The van der Waals surface area contributed by atoms with Crippen molar-refractivity contribution in [3.63, 3.8) is 0 Å². The highest BCUT2D eigenvalue weighted by atomic mass is 32.2. The van der Waals surface area contributed by atoms with Crippen molar-refractivity contribution >= 4 is 20.9 Å². The number of H-pyrrole nitrogens is 1. The van der Waals surface area contributed by atoms with Gasteiger partial charge in [-0.25, -0.2) is 13.1 Å². The second-order valence-corrected chi connectivity index (χ2v) is 6.47. The van der Waals surface area contributed by atoms with Gasteiger partial charge >= 0.3 is 0 Å². The van der Waals surface area contributed by atoms with Gasteiger partial charge in [-0.3, -0.25) is 0 Å². The smallest absolute Gasteiger partial charge is 0.215 e. The number of benzene rings is 1. The van der Waals surface area contributed by atoms with Crippen molar-refractivity contribution in [2.75, 3.05) is 27.7 Å². The molecule has 0 saturated heterocycles. The molecule has 0 saturated carbocycles. The molecule has 0 fully saturated rings. The number of hydrogen-bond acceptors (Lipinski definition) is 3. The Bertz CT molecular complexity index is 816. The number of nitrogens with zero attached hydrogens (tertiary/aromatic N) is 1. The quantitative estimate of drug-likeness (QED) is 0.845. The van der Waals surface area contributed by atoms with Crippen LogP contribution in [0, 0.1) is 0 Å². The molecule has 2 rings (SSSR count). The molecule has 20 heavy (non-hydrogen) atoms. The highest BCUT2D eigenvalue weighted by molar-refractivity contribution is 7.88. The van der Waals surface area contributed by atoms with Crippen LogP contribution >= 0.6 is 0 Å². The summed E-state index contributed by atoms with van der Waals surface area (Å²) in [5.74, 6) is 0. The van der Waals surface area contributed by atoms with Crippen molar-refractivity contribution in [3.8, 4) is 0 Å². The van der Waals surface area contributed by atoms with E-state index in [2.05, 4.69) is 4.98 Å². The number of aromatic nitrogens is 1. The van der Waals surface area contributed by atoms with Gasteiger partial charge in [0.15, 0.2) is 0 Å². The highest BCUT2D eigenvalue weighted by Gasteiger charge is 2.11. The lowest BCUT2D eigenvalue weighted by atomic mass is 10.1. The average Bonchev–Trinajstić information content (AvgIpc) is 2.79. The van der Waals surface area contributed by atoms with Crippen LogP contribution in [-0.4, -0.2) is 46.0 Å².